The van der Waals surface area contributed by atoms with Crippen LogP contribution in [-0.4, -0.2) is 39.9 Å². The van der Waals surface area contributed by atoms with Gasteiger partial charge < -0.3 is 36.7 Å². The van der Waals surface area contributed by atoms with Crippen LogP contribution in [-0.2, 0) is 0 Å². The number of fused-ring (bicyclic) bond motifs is 4. The number of para-hydroxylation sites is 1. The molecule has 8 rings (SSSR count). The summed E-state index contributed by atoms with van der Waals surface area (Å²) in [7, 11) is 0. The molecule has 0 aliphatic rings. The molecule has 2 aromatic carbocycles. The van der Waals surface area contributed by atoms with Crippen LogP contribution in [0.25, 0.3) is 66.6 Å². The lowest BCUT2D eigenvalue weighted by atomic mass is 10.1. The van der Waals surface area contributed by atoms with Crippen molar-refractivity contribution in [2.45, 2.75) is 0 Å². The summed E-state index contributed by atoms with van der Waals surface area (Å²) in [6.45, 7) is 0. The molecule has 8 aromatic rings. The van der Waals surface area contributed by atoms with E-state index >= 15 is 0 Å². The van der Waals surface area contributed by atoms with E-state index < -0.39 is 5.82 Å². The van der Waals surface area contributed by atoms with Gasteiger partial charge >= 0.3 is 0 Å². The largest absolute Gasteiger partial charge is 0.384 e. The molecule has 9 N–H and O–H groups in total. The summed E-state index contributed by atoms with van der Waals surface area (Å²) in [5.41, 5.74) is 18.5. The van der Waals surface area contributed by atoms with Crippen LogP contribution in [0.5, 0.6) is 0 Å². The van der Waals surface area contributed by atoms with E-state index in [2.05, 4.69) is 40.2 Å². The molecule has 0 saturated heterocycles. The van der Waals surface area contributed by atoms with Crippen molar-refractivity contribution in [1.82, 2.24) is 39.9 Å². The molecule has 12 nitrogen and oxygen atoms in total. The number of benzene rings is 2. The van der Waals surface area contributed by atoms with Crippen LogP contribution < -0.4 is 16.8 Å². The van der Waals surface area contributed by atoms with Crippen molar-refractivity contribution >= 4 is 67.7 Å². The van der Waals surface area contributed by atoms with Crippen molar-refractivity contribution < 1.29 is 4.39 Å². The van der Waals surface area contributed by atoms with Gasteiger partial charge in [-0.3, -0.25) is 0 Å². The summed E-state index contributed by atoms with van der Waals surface area (Å²) < 4.78 is 14.7. The molecular weight excluding hydrogens is 535 g/mol. The zero-order valence-corrected chi connectivity index (χ0v) is 21.5. The predicted octanol–water partition coefficient (Wildman–Crippen LogP) is 5.44. The van der Waals surface area contributed by atoms with E-state index in [-0.39, 0.29) is 22.8 Å². The van der Waals surface area contributed by atoms with Gasteiger partial charge in [-0.15, -0.1) is 0 Å². The van der Waals surface area contributed by atoms with Crippen LogP contribution in [0.3, 0.4) is 0 Å². The fourth-order valence-corrected chi connectivity index (χ4v) is 5.30. The maximum absolute atomic E-state index is 14.7. The monoisotopic (exact) mass is 554 g/mol. The van der Waals surface area contributed by atoms with Gasteiger partial charge in [0.05, 0.1) is 17.1 Å². The van der Waals surface area contributed by atoms with Crippen molar-refractivity contribution in [2.24, 2.45) is 0 Å². The Kier molecular flexibility index (Phi) is 4.77. The minimum Gasteiger partial charge on any atom is -0.384 e. The zero-order chi connectivity index (χ0) is 28.5. The molecule has 0 fully saturated rings. The topological polar surface area (TPSA) is 203 Å². The van der Waals surface area contributed by atoms with Gasteiger partial charge in [-0.25, -0.2) is 24.3 Å². The smallest absolute Gasteiger partial charge is 0.208 e. The van der Waals surface area contributed by atoms with E-state index in [9.17, 15) is 9.65 Å². The van der Waals surface area contributed by atoms with Crippen LogP contribution >= 0.6 is 0 Å². The van der Waals surface area contributed by atoms with Crippen LogP contribution in [0.2, 0.25) is 0 Å². The highest BCUT2D eigenvalue weighted by Crippen LogP contribution is 2.34. The molecule has 6 aromatic heterocycles. The average Bonchev–Trinajstić information content (AvgIpc) is 3.75. The third-order valence-corrected chi connectivity index (χ3v) is 7.11. The summed E-state index contributed by atoms with van der Waals surface area (Å²) in [5, 5.41) is 14.1. The SMILES string of the molecule is N#Cc1cc(F)c2[nH]c(-c3cc(N)nc4[nH]c(Nc5cc(-c6cc7ccccc7[nH]6)c6nc(N)[nH]c6n5)nc34)cc2c1. The normalized spacial score (nSPS) is 11.6. The fourth-order valence-electron chi connectivity index (χ4n) is 5.30. The van der Waals surface area contributed by atoms with Gasteiger partial charge in [0.25, 0.3) is 0 Å². The molecule has 0 saturated carbocycles. The Morgan fingerprint density at radius 3 is 2.38 bits per heavy atom. The number of hydrogen-bond acceptors (Lipinski definition) is 8. The molecule has 0 aliphatic heterocycles. The van der Waals surface area contributed by atoms with Crippen molar-refractivity contribution in [2.75, 3.05) is 16.8 Å². The second-order valence-electron chi connectivity index (χ2n) is 9.86. The number of anilines is 4. The Bertz CT molecular complexity index is 2370. The fraction of sp³-hybridized carbons (Fsp3) is 0. The first-order chi connectivity index (χ1) is 20.4. The summed E-state index contributed by atoms with van der Waals surface area (Å²) in [6.07, 6.45) is 0. The van der Waals surface area contributed by atoms with E-state index in [0.717, 1.165) is 22.2 Å². The van der Waals surface area contributed by atoms with Gasteiger partial charge in [0.15, 0.2) is 17.2 Å². The molecule has 0 bridgehead atoms. The molecule has 0 amide bonds. The molecule has 202 valence electrons. The number of nitriles is 1. The van der Waals surface area contributed by atoms with Crippen LogP contribution in [0.15, 0.2) is 60.7 Å². The van der Waals surface area contributed by atoms with E-state index in [0.29, 0.717) is 50.7 Å². The first-order valence-corrected chi connectivity index (χ1v) is 12.8. The zero-order valence-electron chi connectivity index (χ0n) is 21.5. The molecule has 0 atom stereocenters. The maximum atomic E-state index is 14.7. The van der Waals surface area contributed by atoms with Gasteiger partial charge in [0, 0.05) is 38.8 Å². The van der Waals surface area contributed by atoms with Crippen molar-refractivity contribution in [3.05, 3.63) is 72.0 Å². The Labute approximate surface area is 234 Å². The average molecular weight is 555 g/mol. The predicted molar refractivity (Wildman–Crippen MR) is 159 cm³/mol. The van der Waals surface area contributed by atoms with E-state index in [1.54, 1.807) is 18.2 Å². The quantitative estimate of drug-likeness (QED) is 0.149. The number of nitrogens with one attached hydrogen (secondary N) is 5. The van der Waals surface area contributed by atoms with Crippen LogP contribution in [0.4, 0.5) is 27.9 Å². The first kappa shape index (κ1) is 23.5. The number of rotatable bonds is 4. The van der Waals surface area contributed by atoms with Gasteiger partial charge in [-0.2, -0.15) is 5.26 Å². The standard InChI is InChI=1S/C29H19FN12/c30-17-6-12(11-31)5-14-8-20(35-23(14)17)15-9-21(32)36-26-25(15)40-29(42-26)38-22-10-16(24-27(37-22)41-28(33)39-24)19-7-13-3-1-2-4-18(13)34-19/h1-10,34-35H,(H7,32,33,36,37,38,39,40,41,42). The Balaban J connectivity index is 1.23. The van der Waals surface area contributed by atoms with Crippen molar-refractivity contribution in [3.8, 4) is 28.6 Å². The molecule has 13 heteroatoms. The number of nitrogen functional groups attached to an aromatic ring is 2. The number of pyridine rings is 2. The first-order valence-electron chi connectivity index (χ1n) is 12.8. The number of halogens is 1. The number of H-pyrrole nitrogens is 4. The third-order valence-electron chi connectivity index (χ3n) is 7.11. The van der Waals surface area contributed by atoms with Gasteiger partial charge in [-0.05, 0) is 42.5 Å². The van der Waals surface area contributed by atoms with Gasteiger partial charge in [0.1, 0.15) is 28.5 Å². The van der Waals surface area contributed by atoms with Gasteiger partial charge in [-0.1, -0.05) is 18.2 Å². The maximum Gasteiger partial charge on any atom is 0.208 e. The van der Waals surface area contributed by atoms with Crippen molar-refractivity contribution in [3.63, 3.8) is 0 Å². The second kappa shape index (κ2) is 8.54. The lowest BCUT2D eigenvalue weighted by molar-refractivity contribution is 0.637. The van der Waals surface area contributed by atoms with Crippen LogP contribution in [0, 0.1) is 17.1 Å². The van der Waals surface area contributed by atoms with E-state index in [1.165, 1.54) is 6.07 Å². The lowest BCUT2D eigenvalue weighted by Crippen LogP contribution is -1.97. The van der Waals surface area contributed by atoms with Crippen LogP contribution in [0.1, 0.15) is 5.56 Å². The number of nitrogens with zero attached hydrogens (tertiary/aromatic N) is 5. The highest BCUT2D eigenvalue weighted by Gasteiger charge is 2.18. The third kappa shape index (κ3) is 3.67. The molecule has 6 heterocycles. The minimum atomic E-state index is -0.523. The highest BCUT2D eigenvalue weighted by molar-refractivity contribution is 5.98. The number of aromatic amines is 4. The van der Waals surface area contributed by atoms with Gasteiger partial charge in [0.2, 0.25) is 5.95 Å². The summed E-state index contributed by atoms with van der Waals surface area (Å²) >= 11 is 0. The molecule has 0 aliphatic carbocycles. The Morgan fingerprint density at radius 2 is 1.52 bits per heavy atom. The summed E-state index contributed by atoms with van der Waals surface area (Å²) in [6, 6.07) is 20.1. The van der Waals surface area contributed by atoms with Crippen molar-refractivity contribution in [1.29, 1.82) is 5.26 Å². The summed E-state index contributed by atoms with van der Waals surface area (Å²) in [4.78, 5) is 30.9. The van der Waals surface area contributed by atoms with E-state index in [1.807, 2.05) is 42.5 Å². The highest BCUT2D eigenvalue weighted by atomic mass is 19.1. The molecule has 0 radical (unpaired) electrons. The summed E-state index contributed by atoms with van der Waals surface area (Å²) in [5.74, 6) is 0.810. The lowest BCUT2D eigenvalue weighted by Gasteiger charge is -2.06. The number of nitrogens with two attached hydrogens (primary N) is 2. The second-order valence-corrected chi connectivity index (χ2v) is 9.86. The molecule has 42 heavy (non-hydrogen) atoms. The molecule has 0 unspecified atom stereocenters. The van der Waals surface area contributed by atoms with E-state index in [4.69, 9.17) is 16.5 Å². The Morgan fingerprint density at radius 1 is 0.762 bits per heavy atom. The number of aromatic nitrogens is 8. The molecular formula is C29H19FN12. The number of hydrogen-bond donors (Lipinski definition) is 7. The molecule has 0 spiro atoms. The Hall–Kier alpha value is -6.42. The number of imidazole rings is 2. The minimum absolute atomic E-state index is 0.228.